The number of ether oxygens (including phenoxy) is 1. The Morgan fingerprint density at radius 1 is 1.14 bits per heavy atom. The minimum atomic E-state index is 0.473. The molecule has 2 aromatic rings. The third kappa shape index (κ3) is 3.25. The summed E-state index contributed by atoms with van der Waals surface area (Å²) < 4.78 is 5.32. The van der Waals surface area contributed by atoms with Crippen LogP contribution in [0.2, 0.25) is 0 Å². The second-order valence-electron chi connectivity index (χ2n) is 5.25. The topological polar surface area (TPSA) is 66.4 Å². The molecular formula is C15H20N6O. The summed E-state index contributed by atoms with van der Waals surface area (Å²) in [6.45, 7) is 3.95. The molecule has 1 aromatic carbocycles. The van der Waals surface area contributed by atoms with Crippen molar-refractivity contribution in [1.29, 1.82) is 0 Å². The lowest BCUT2D eigenvalue weighted by Gasteiger charge is -2.32. The van der Waals surface area contributed by atoms with E-state index in [1.165, 1.54) is 0 Å². The molecule has 0 atom stereocenters. The van der Waals surface area contributed by atoms with Gasteiger partial charge >= 0.3 is 0 Å². The third-order valence-electron chi connectivity index (χ3n) is 3.73. The predicted octanol–water partition coefficient (Wildman–Crippen LogP) is 1.38. The zero-order chi connectivity index (χ0) is 15.4. The number of piperazine rings is 1. The van der Waals surface area contributed by atoms with Gasteiger partial charge in [-0.15, -0.1) is 5.10 Å². The van der Waals surface area contributed by atoms with Gasteiger partial charge in [0, 0.05) is 26.2 Å². The van der Waals surface area contributed by atoms with Crippen molar-refractivity contribution >= 4 is 17.5 Å². The number of para-hydroxylation sites is 2. The van der Waals surface area contributed by atoms with Crippen molar-refractivity contribution < 1.29 is 4.74 Å². The molecule has 1 N–H and O–H groups in total. The van der Waals surface area contributed by atoms with Gasteiger partial charge in [-0.05, 0) is 19.2 Å². The first kappa shape index (κ1) is 14.5. The zero-order valence-electron chi connectivity index (χ0n) is 12.9. The highest BCUT2D eigenvalue weighted by molar-refractivity contribution is 5.62. The fourth-order valence-corrected chi connectivity index (χ4v) is 2.40. The Bertz CT molecular complexity index is 627. The maximum absolute atomic E-state index is 5.32. The molecule has 0 unspecified atom stereocenters. The summed E-state index contributed by atoms with van der Waals surface area (Å²) >= 11 is 0. The standard InChI is InChI=1S/C15H20N6O/c1-20-7-9-21(10-8-20)14-11-16-19-15(18-14)17-12-5-3-4-6-13(12)22-2/h3-6,11H,7-10H2,1-2H3,(H,17,18,19). The number of hydrogen-bond acceptors (Lipinski definition) is 7. The van der Waals surface area contributed by atoms with Crippen LogP contribution in [0.1, 0.15) is 0 Å². The molecule has 0 radical (unpaired) electrons. The molecule has 0 spiro atoms. The molecule has 22 heavy (non-hydrogen) atoms. The summed E-state index contributed by atoms with van der Waals surface area (Å²) in [4.78, 5) is 9.09. The number of hydrogen-bond donors (Lipinski definition) is 1. The van der Waals surface area contributed by atoms with Gasteiger partial charge in [0.25, 0.3) is 0 Å². The molecule has 0 aliphatic carbocycles. The molecule has 0 amide bonds. The lowest BCUT2D eigenvalue weighted by atomic mass is 10.3. The maximum atomic E-state index is 5.32. The molecular weight excluding hydrogens is 280 g/mol. The quantitative estimate of drug-likeness (QED) is 0.915. The van der Waals surface area contributed by atoms with E-state index >= 15 is 0 Å². The van der Waals surface area contributed by atoms with E-state index < -0.39 is 0 Å². The smallest absolute Gasteiger partial charge is 0.249 e. The molecule has 0 bridgehead atoms. The first-order valence-corrected chi connectivity index (χ1v) is 7.29. The Morgan fingerprint density at radius 2 is 1.91 bits per heavy atom. The SMILES string of the molecule is COc1ccccc1Nc1nncc(N2CCN(C)CC2)n1. The van der Waals surface area contributed by atoms with E-state index in [2.05, 4.69) is 37.3 Å². The summed E-state index contributed by atoms with van der Waals surface area (Å²) in [5.41, 5.74) is 0.822. The third-order valence-corrected chi connectivity index (χ3v) is 3.73. The highest BCUT2D eigenvalue weighted by Crippen LogP contribution is 2.25. The molecule has 3 rings (SSSR count). The van der Waals surface area contributed by atoms with Crippen molar-refractivity contribution in [3.63, 3.8) is 0 Å². The Kier molecular flexibility index (Phi) is 4.34. The predicted molar refractivity (Wildman–Crippen MR) is 85.8 cm³/mol. The van der Waals surface area contributed by atoms with Gasteiger partial charge in [0.1, 0.15) is 5.75 Å². The van der Waals surface area contributed by atoms with E-state index in [9.17, 15) is 0 Å². The van der Waals surface area contributed by atoms with Gasteiger partial charge in [0.05, 0.1) is 19.0 Å². The lowest BCUT2D eigenvalue weighted by Crippen LogP contribution is -2.44. The molecule has 1 saturated heterocycles. The average molecular weight is 300 g/mol. The van der Waals surface area contributed by atoms with Gasteiger partial charge in [-0.2, -0.15) is 10.1 Å². The normalized spacial score (nSPS) is 15.6. The fourth-order valence-electron chi connectivity index (χ4n) is 2.40. The first-order chi connectivity index (χ1) is 10.8. The molecule has 1 aromatic heterocycles. The highest BCUT2D eigenvalue weighted by atomic mass is 16.5. The van der Waals surface area contributed by atoms with Crippen molar-refractivity contribution in [2.45, 2.75) is 0 Å². The van der Waals surface area contributed by atoms with E-state index in [4.69, 9.17) is 4.74 Å². The van der Waals surface area contributed by atoms with Gasteiger partial charge in [0.15, 0.2) is 5.82 Å². The average Bonchev–Trinajstić information content (AvgIpc) is 2.56. The van der Waals surface area contributed by atoms with Crippen molar-refractivity contribution in [3.8, 4) is 5.75 Å². The fraction of sp³-hybridized carbons (Fsp3) is 0.400. The van der Waals surface area contributed by atoms with E-state index in [1.54, 1.807) is 13.3 Å². The van der Waals surface area contributed by atoms with Gasteiger partial charge in [0.2, 0.25) is 5.95 Å². The van der Waals surface area contributed by atoms with Crippen LogP contribution in [-0.4, -0.2) is 60.4 Å². The van der Waals surface area contributed by atoms with Crippen molar-refractivity contribution in [2.24, 2.45) is 0 Å². The van der Waals surface area contributed by atoms with Gasteiger partial charge < -0.3 is 19.9 Å². The number of nitrogens with one attached hydrogen (secondary N) is 1. The summed E-state index contributed by atoms with van der Waals surface area (Å²) in [7, 11) is 3.77. The van der Waals surface area contributed by atoms with Crippen molar-refractivity contribution in [3.05, 3.63) is 30.5 Å². The minimum absolute atomic E-state index is 0.473. The van der Waals surface area contributed by atoms with Crippen LogP contribution in [0.5, 0.6) is 5.75 Å². The summed E-state index contributed by atoms with van der Waals surface area (Å²) in [6, 6.07) is 7.66. The van der Waals surface area contributed by atoms with E-state index in [0.29, 0.717) is 5.95 Å². The van der Waals surface area contributed by atoms with Crippen LogP contribution in [0, 0.1) is 0 Å². The van der Waals surface area contributed by atoms with Gasteiger partial charge in [-0.3, -0.25) is 0 Å². The number of anilines is 3. The van der Waals surface area contributed by atoms with Gasteiger partial charge in [-0.1, -0.05) is 12.1 Å². The minimum Gasteiger partial charge on any atom is -0.495 e. The summed E-state index contributed by atoms with van der Waals surface area (Å²) in [5.74, 6) is 2.07. The number of methoxy groups -OCH3 is 1. The van der Waals surface area contributed by atoms with Crippen LogP contribution in [0.15, 0.2) is 30.5 Å². The number of rotatable bonds is 4. The Balaban J connectivity index is 1.76. The van der Waals surface area contributed by atoms with Gasteiger partial charge in [-0.25, -0.2) is 0 Å². The maximum Gasteiger partial charge on any atom is 0.249 e. The summed E-state index contributed by atoms with van der Waals surface area (Å²) in [6.07, 6.45) is 1.71. The Labute approximate surface area is 129 Å². The van der Waals surface area contributed by atoms with Crippen molar-refractivity contribution in [2.75, 3.05) is 50.6 Å². The molecule has 7 heteroatoms. The van der Waals surface area contributed by atoms with E-state index in [-0.39, 0.29) is 0 Å². The van der Waals surface area contributed by atoms with Crippen LogP contribution >= 0.6 is 0 Å². The molecule has 7 nitrogen and oxygen atoms in total. The number of aromatic nitrogens is 3. The highest BCUT2D eigenvalue weighted by Gasteiger charge is 2.16. The summed E-state index contributed by atoms with van der Waals surface area (Å²) in [5, 5.41) is 11.3. The lowest BCUT2D eigenvalue weighted by molar-refractivity contribution is 0.312. The number of nitrogens with zero attached hydrogens (tertiary/aromatic N) is 5. The molecule has 0 saturated carbocycles. The van der Waals surface area contributed by atoms with Crippen LogP contribution in [0.3, 0.4) is 0 Å². The number of benzene rings is 1. The zero-order valence-corrected chi connectivity index (χ0v) is 12.9. The molecule has 1 fully saturated rings. The second kappa shape index (κ2) is 6.57. The van der Waals surface area contributed by atoms with E-state index in [0.717, 1.165) is 43.4 Å². The molecule has 1 aliphatic heterocycles. The van der Waals surface area contributed by atoms with Crippen LogP contribution < -0.4 is 15.0 Å². The molecule has 2 heterocycles. The molecule has 1 aliphatic rings. The Morgan fingerprint density at radius 3 is 2.68 bits per heavy atom. The van der Waals surface area contributed by atoms with Crippen LogP contribution in [0.4, 0.5) is 17.5 Å². The van der Waals surface area contributed by atoms with Crippen LogP contribution in [0.25, 0.3) is 0 Å². The van der Waals surface area contributed by atoms with Crippen molar-refractivity contribution in [1.82, 2.24) is 20.1 Å². The largest absolute Gasteiger partial charge is 0.495 e. The number of likely N-dealkylation sites (N-methyl/N-ethyl adjacent to an activating group) is 1. The molecule has 116 valence electrons. The van der Waals surface area contributed by atoms with E-state index in [1.807, 2.05) is 24.3 Å². The van der Waals surface area contributed by atoms with Crippen LogP contribution in [-0.2, 0) is 0 Å². The monoisotopic (exact) mass is 300 g/mol. The first-order valence-electron chi connectivity index (χ1n) is 7.29. The Hall–Kier alpha value is -2.41. The second-order valence-corrected chi connectivity index (χ2v) is 5.25.